The van der Waals surface area contributed by atoms with E-state index in [4.69, 9.17) is 16.3 Å². The summed E-state index contributed by atoms with van der Waals surface area (Å²) in [6, 6.07) is 8.98. The van der Waals surface area contributed by atoms with Crippen LogP contribution in [-0.2, 0) is 6.54 Å². The third-order valence-electron chi connectivity index (χ3n) is 9.38. The Bertz CT molecular complexity index is 2260. The highest BCUT2D eigenvalue weighted by atomic mass is 35.5. The molecule has 11 nitrogen and oxygen atoms in total. The van der Waals surface area contributed by atoms with Crippen LogP contribution in [0.25, 0.3) is 32.2 Å². The Labute approximate surface area is 292 Å². The maximum Gasteiger partial charge on any atom is 0.390 e. The first-order valence-electron chi connectivity index (χ1n) is 15.8. The Kier molecular flexibility index (Phi) is 8.65. The van der Waals surface area contributed by atoms with E-state index in [0.717, 1.165) is 0 Å². The van der Waals surface area contributed by atoms with Crippen molar-refractivity contribution >= 4 is 55.8 Å². The number of carboxylic acid groups (broad SMARTS) is 1. The minimum atomic E-state index is -4.24. The lowest BCUT2D eigenvalue weighted by atomic mass is 10.0. The van der Waals surface area contributed by atoms with Gasteiger partial charge in [-0.25, -0.2) is 14.8 Å². The number of anilines is 1. The van der Waals surface area contributed by atoms with E-state index in [1.807, 2.05) is 9.80 Å². The molecule has 16 heteroatoms. The van der Waals surface area contributed by atoms with Crippen LogP contribution in [0.4, 0.5) is 19.0 Å². The normalized spacial score (nSPS) is 16.1. The van der Waals surface area contributed by atoms with Gasteiger partial charge >= 0.3 is 12.1 Å². The SMILES string of the molecule is Cc1nc2cnc(N3CCN(C4(CC(F)(F)F)CC4)CC3)c(C#N)c2c(=O)n1CCOc1ccc(Cl)cc1-c1ccnc2c(C(=O)O)csc12. The number of carboxylic acids is 1. The number of fused-ring (bicyclic) bond motifs is 2. The number of piperazine rings is 1. The zero-order valence-corrected chi connectivity index (χ0v) is 28.2. The van der Waals surface area contributed by atoms with E-state index in [-0.39, 0.29) is 35.2 Å². The Hall–Kier alpha value is -4.78. The number of ether oxygens (including phenoxy) is 1. The highest BCUT2D eigenvalue weighted by Crippen LogP contribution is 2.49. The summed E-state index contributed by atoms with van der Waals surface area (Å²) in [5.74, 6) is 0.0762. The highest BCUT2D eigenvalue weighted by Gasteiger charge is 2.54. The molecule has 1 N–H and O–H groups in total. The molecule has 7 rings (SSSR count). The summed E-state index contributed by atoms with van der Waals surface area (Å²) in [7, 11) is 0. The zero-order chi connectivity index (χ0) is 35.4. The van der Waals surface area contributed by atoms with Crippen LogP contribution in [-0.4, -0.2) is 80.0 Å². The number of benzene rings is 1. The fourth-order valence-electron chi connectivity index (χ4n) is 6.82. The third kappa shape index (κ3) is 6.23. The second-order valence-electron chi connectivity index (χ2n) is 12.4. The van der Waals surface area contributed by atoms with Crippen molar-refractivity contribution < 1.29 is 27.8 Å². The molecule has 5 heterocycles. The highest BCUT2D eigenvalue weighted by molar-refractivity contribution is 7.18. The summed E-state index contributed by atoms with van der Waals surface area (Å²) in [5, 5.41) is 21.9. The van der Waals surface area contributed by atoms with Gasteiger partial charge < -0.3 is 14.7 Å². The number of rotatable bonds is 9. The quantitative estimate of drug-likeness (QED) is 0.185. The molecular formula is C34H29ClF3N7O4S. The summed E-state index contributed by atoms with van der Waals surface area (Å²) in [5.41, 5.74) is 0.816. The van der Waals surface area contributed by atoms with Crippen LogP contribution in [0.5, 0.6) is 5.75 Å². The summed E-state index contributed by atoms with van der Waals surface area (Å²) >= 11 is 7.61. The van der Waals surface area contributed by atoms with Gasteiger partial charge in [0.2, 0.25) is 0 Å². The van der Waals surface area contributed by atoms with Gasteiger partial charge in [0.05, 0.1) is 45.8 Å². The molecule has 0 bridgehead atoms. The van der Waals surface area contributed by atoms with Gasteiger partial charge in [0.15, 0.2) is 0 Å². The van der Waals surface area contributed by atoms with Gasteiger partial charge in [-0.15, -0.1) is 11.3 Å². The van der Waals surface area contributed by atoms with Crippen molar-refractivity contribution in [3.63, 3.8) is 0 Å². The Morgan fingerprint density at radius 1 is 1.16 bits per heavy atom. The van der Waals surface area contributed by atoms with Gasteiger partial charge in [-0.05, 0) is 44.0 Å². The maximum absolute atomic E-state index is 14.0. The fraction of sp³-hybridized carbons (Fsp3) is 0.353. The van der Waals surface area contributed by atoms with Crippen LogP contribution in [0, 0.1) is 18.3 Å². The van der Waals surface area contributed by atoms with E-state index < -0.39 is 29.7 Å². The number of alkyl halides is 3. The van der Waals surface area contributed by atoms with E-state index in [2.05, 4.69) is 21.0 Å². The standard InChI is InChI=1S/C34H29ClF3N7O4S/c1-19-42-25-16-41-30(43-8-10-44(11-9-43)33(5-6-33)18-34(36,37)38)23(15-39)27(25)31(46)45(19)12-13-49-26-3-2-20(35)14-22(26)21-4-7-40-28-24(32(47)48)17-50-29(21)28/h2-4,7,14,16-17H,5-6,8-13,18H2,1H3,(H,47,48). The number of aromatic nitrogens is 4. The molecule has 4 aromatic heterocycles. The number of pyridine rings is 2. The van der Waals surface area contributed by atoms with Crippen molar-refractivity contribution in [1.29, 1.82) is 5.26 Å². The van der Waals surface area contributed by atoms with Crippen LogP contribution in [0.1, 0.15) is 41.0 Å². The Morgan fingerprint density at radius 3 is 2.60 bits per heavy atom. The number of nitrogens with zero attached hydrogens (tertiary/aromatic N) is 7. The average molecular weight is 724 g/mol. The molecule has 2 fully saturated rings. The molecule has 1 aliphatic heterocycles. The predicted molar refractivity (Wildman–Crippen MR) is 182 cm³/mol. The maximum atomic E-state index is 14.0. The fourth-order valence-corrected chi connectivity index (χ4v) is 8.01. The summed E-state index contributed by atoms with van der Waals surface area (Å²) in [6.45, 7) is 3.31. The largest absolute Gasteiger partial charge is 0.491 e. The number of nitriles is 1. The lowest BCUT2D eigenvalue weighted by Crippen LogP contribution is -2.53. The number of thiophene rings is 1. The molecule has 1 aromatic carbocycles. The number of carbonyl (C=O) groups is 1. The first kappa shape index (κ1) is 33.7. The van der Waals surface area contributed by atoms with Crippen molar-refractivity contribution in [2.24, 2.45) is 0 Å². The lowest BCUT2D eigenvalue weighted by Gasteiger charge is -2.40. The number of aryl methyl sites for hydroxylation is 1. The topological polar surface area (TPSA) is 137 Å². The molecule has 5 aromatic rings. The number of hydrogen-bond donors (Lipinski definition) is 1. The van der Waals surface area contributed by atoms with Crippen LogP contribution < -0.4 is 15.2 Å². The second-order valence-corrected chi connectivity index (χ2v) is 13.7. The zero-order valence-electron chi connectivity index (χ0n) is 26.6. The summed E-state index contributed by atoms with van der Waals surface area (Å²) in [6.07, 6.45) is -1.07. The average Bonchev–Trinajstić information content (AvgIpc) is 3.71. The van der Waals surface area contributed by atoms with Crippen molar-refractivity contribution in [2.75, 3.05) is 37.7 Å². The van der Waals surface area contributed by atoms with Gasteiger partial charge in [-0.2, -0.15) is 18.4 Å². The van der Waals surface area contributed by atoms with Crippen LogP contribution >= 0.6 is 22.9 Å². The van der Waals surface area contributed by atoms with Gasteiger partial charge in [0.1, 0.15) is 35.6 Å². The van der Waals surface area contributed by atoms with Crippen molar-refractivity contribution in [2.45, 2.75) is 44.4 Å². The molecule has 0 unspecified atom stereocenters. The predicted octanol–water partition coefficient (Wildman–Crippen LogP) is 6.29. The van der Waals surface area contributed by atoms with E-state index in [9.17, 15) is 33.1 Å². The minimum absolute atomic E-state index is 0.0447. The molecule has 1 aliphatic carbocycles. The molecule has 0 atom stereocenters. The van der Waals surface area contributed by atoms with Gasteiger partial charge in [0.25, 0.3) is 5.56 Å². The first-order valence-corrected chi connectivity index (χ1v) is 17.0. The van der Waals surface area contributed by atoms with E-state index in [0.29, 0.717) is 82.8 Å². The van der Waals surface area contributed by atoms with E-state index >= 15 is 0 Å². The number of aromatic carboxylic acids is 1. The minimum Gasteiger partial charge on any atom is -0.491 e. The Balaban J connectivity index is 1.13. The molecule has 258 valence electrons. The lowest BCUT2D eigenvalue weighted by molar-refractivity contribution is -0.151. The Morgan fingerprint density at radius 2 is 1.92 bits per heavy atom. The van der Waals surface area contributed by atoms with Crippen LogP contribution in [0.15, 0.2) is 46.8 Å². The monoisotopic (exact) mass is 723 g/mol. The molecule has 50 heavy (non-hydrogen) atoms. The van der Waals surface area contributed by atoms with Crippen LogP contribution in [0.3, 0.4) is 0 Å². The van der Waals surface area contributed by atoms with Gasteiger partial charge in [-0.1, -0.05) is 11.6 Å². The van der Waals surface area contributed by atoms with Gasteiger partial charge in [-0.3, -0.25) is 19.2 Å². The molecule has 0 spiro atoms. The second kappa shape index (κ2) is 12.8. The van der Waals surface area contributed by atoms with Gasteiger partial charge in [0, 0.05) is 59.4 Å². The van der Waals surface area contributed by atoms with Crippen LogP contribution in [0.2, 0.25) is 5.02 Å². The molecule has 1 saturated carbocycles. The third-order valence-corrected chi connectivity index (χ3v) is 10.6. The number of halogens is 4. The van der Waals surface area contributed by atoms with Crippen molar-refractivity contribution in [1.82, 2.24) is 24.4 Å². The molecule has 0 radical (unpaired) electrons. The smallest absolute Gasteiger partial charge is 0.390 e. The summed E-state index contributed by atoms with van der Waals surface area (Å²) < 4.78 is 47.9. The van der Waals surface area contributed by atoms with E-state index in [1.165, 1.54) is 33.7 Å². The molecule has 2 aliphatic rings. The molecular weight excluding hydrogens is 695 g/mol. The van der Waals surface area contributed by atoms with Crippen molar-refractivity contribution in [3.05, 3.63) is 74.4 Å². The van der Waals surface area contributed by atoms with Crippen molar-refractivity contribution in [3.8, 4) is 22.9 Å². The number of hydrogen-bond acceptors (Lipinski definition) is 10. The molecule has 0 amide bonds. The first-order chi connectivity index (χ1) is 23.9. The van der Waals surface area contributed by atoms with E-state index in [1.54, 1.807) is 31.2 Å². The summed E-state index contributed by atoms with van der Waals surface area (Å²) in [4.78, 5) is 42.7. The molecule has 1 saturated heterocycles.